The number of rotatable bonds is 5. The maximum Gasteiger partial charge on any atom is 0.339 e. The smallest absolute Gasteiger partial charge is 0.339 e. The molecule has 0 saturated heterocycles. The first-order valence-electron chi connectivity index (χ1n) is 5.39. The van der Waals surface area contributed by atoms with Crippen molar-refractivity contribution in [1.82, 2.24) is 0 Å². The van der Waals surface area contributed by atoms with Gasteiger partial charge in [0, 0.05) is 0 Å². The molecule has 1 rings (SSSR count). The quantitative estimate of drug-likeness (QED) is 0.614. The Hall–Kier alpha value is -0.820. The van der Waals surface area contributed by atoms with Gasteiger partial charge in [-0.1, -0.05) is 23.2 Å². The Morgan fingerprint density at radius 2 is 1.79 bits per heavy atom. The summed E-state index contributed by atoms with van der Waals surface area (Å²) in [5.74, 6) is -0.725. The van der Waals surface area contributed by atoms with E-state index in [-0.39, 0.29) is 33.7 Å². The topological polar surface area (TPSA) is 69.7 Å². The predicted octanol–water partition coefficient (Wildman–Crippen LogP) is 2.90. The third-order valence-electron chi connectivity index (χ3n) is 2.06. The second kappa shape index (κ2) is 6.56. The lowest BCUT2D eigenvalue weighted by molar-refractivity contribution is 0.0526. The molecule has 1 aromatic rings. The van der Waals surface area contributed by atoms with E-state index in [2.05, 4.69) is 4.18 Å². The van der Waals surface area contributed by atoms with E-state index in [1.807, 2.05) is 0 Å². The third kappa shape index (κ3) is 3.82. The van der Waals surface area contributed by atoms with Gasteiger partial charge in [0.05, 0.1) is 28.8 Å². The standard InChI is InChI=1S/C11H12Cl2O5S/c1-3-17-11(14)7-5-10(9(13)6-8(7)12)19(15,16)18-4-2/h5-6H,3-4H2,1-2H3. The highest BCUT2D eigenvalue weighted by atomic mass is 35.5. The lowest BCUT2D eigenvalue weighted by atomic mass is 10.2. The molecule has 0 aliphatic rings. The third-order valence-corrected chi connectivity index (χ3v) is 4.22. The summed E-state index contributed by atoms with van der Waals surface area (Å²) in [6.07, 6.45) is 0. The molecule has 0 spiro atoms. The van der Waals surface area contributed by atoms with E-state index in [1.54, 1.807) is 6.92 Å². The summed E-state index contributed by atoms with van der Waals surface area (Å²) >= 11 is 11.6. The molecular weight excluding hydrogens is 315 g/mol. The van der Waals surface area contributed by atoms with Crippen molar-refractivity contribution in [1.29, 1.82) is 0 Å². The normalized spacial score (nSPS) is 11.4. The molecular formula is C11H12Cl2O5S. The zero-order valence-corrected chi connectivity index (χ0v) is 12.6. The minimum atomic E-state index is -4.03. The fraction of sp³-hybridized carbons (Fsp3) is 0.364. The van der Waals surface area contributed by atoms with Gasteiger partial charge in [-0.05, 0) is 26.0 Å². The monoisotopic (exact) mass is 326 g/mol. The van der Waals surface area contributed by atoms with Crippen molar-refractivity contribution in [3.63, 3.8) is 0 Å². The minimum absolute atomic E-state index is 0.0129. The van der Waals surface area contributed by atoms with Crippen molar-refractivity contribution < 1.29 is 22.1 Å². The number of carbonyl (C=O) groups excluding carboxylic acids is 1. The molecule has 0 saturated carbocycles. The van der Waals surface area contributed by atoms with Gasteiger partial charge in [-0.25, -0.2) is 4.79 Å². The second-order valence-electron chi connectivity index (χ2n) is 3.34. The van der Waals surface area contributed by atoms with Gasteiger partial charge < -0.3 is 4.74 Å². The van der Waals surface area contributed by atoms with Gasteiger partial charge in [-0.2, -0.15) is 8.42 Å². The molecule has 0 amide bonds. The van der Waals surface area contributed by atoms with Crippen molar-refractivity contribution in [2.45, 2.75) is 18.7 Å². The lowest BCUT2D eigenvalue weighted by Gasteiger charge is -2.09. The zero-order chi connectivity index (χ0) is 14.6. The van der Waals surface area contributed by atoms with Crippen LogP contribution in [0.5, 0.6) is 0 Å². The van der Waals surface area contributed by atoms with E-state index in [1.165, 1.54) is 13.0 Å². The largest absolute Gasteiger partial charge is 0.462 e. The molecule has 0 aliphatic carbocycles. The van der Waals surface area contributed by atoms with Gasteiger partial charge in [0.25, 0.3) is 10.1 Å². The number of hydrogen-bond donors (Lipinski definition) is 0. The minimum Gasteiger partial charge on any atom is -0.462 e. The fourth-order valence-electron chi connectivity index (χ4n) is 1.30. The van der Waals surface area contributed by atoms with Crippen LogP contribution in [0.15, 0.2) is 17.0 Å². The van der Waals surface area contributed by atoms with Crippen molar-refractivity contribution >= 4 is 39.3 Å². The Kier molecular flexibility index (Phi) is 5.61. The van der Waals surface area contributed by atoms with Crippen molar-refractivity contribution in [2.24, 2.45) is 0 Å². The van der Waals surface area contributed by atoms with Crippen LogP contribution in [0.4, 0.5) is 0 Å². The zero-order valence-electron chi connectivity index (χ0n) is 10.3. The number of carbonyl (C=O) groups is 1. The number of halogens is 2. The van der Waals surface area contributed by atoms with E-state index in [0.29, 0.717) is 0 Å². The van der Waals surface area contributed by atoms with E-state index in [4.69, 9.17) is 27.9 Å². The molecule has 0 N–H and O–H groups in total. The molecule has 0 radical (unpaired) electrons. The highest BCUT2D eigenvalue weighted by Crippen LogP contribution is 2.30. The van der Waals surface area contributed by atoms with Gasteiger partial charge in [-0.3, -0.25) is 4.18 Å². The first-order chi connectivity index (χ1) is 8.83. The SMILES string of the molecule is CCOC(=O)c1cc(S(=O)(=O)OCC)c(Cl)cc1Cl. The van der Waals surface area contributed by atoms with Gasteiger partial charge in [0.1, 0.15) is 4.90 Å². The second-order valence-corrected chi connectivity index (χ2v) is 5.74. The maximum absolute atomic E-state index is 11.8. The average Bonchev–Trinajstić information content (AvgIpc) is 2.28. The molecule has 1 aromatic carbocycles. The summed E-state index contributed by atoms with van der Waals surface area (Å²) in [6.45, 7) is 3.24. The number of benzene rings is 1. The maximum atomic E-state index is 11.8. The average molecular weight is 327 g/mol. The first-order valence-corrected chi connectivity index (χ1v) is 7.55. The van der Waals surface area contributed by atoms with Gasteiger partial charge in [-0.15, -0.1) is 0 Å². The van der Waals surface area contributed by atoms with Crippen molar-refractivity contribution in [3.05, 3.63) is 27.7 Å². The summed E-state index contributed by atoms with van der Waals surface area (Å²) < 4.78 is 33.0. The van der Waals surface area contributed by atoms with Gasteiger partial charge >= 0.3 is 5.97 Å². The first kappa shape index (κ1) is 16.2. The molecule has 8 heteroatoms. The summed E-state index contributed by atoms with van der Waals surface area (Å²) in [4.78, 5) is 11.3. The molecule has 0 aliphatic heterocycles. The van der Waals surface area contributed by atoms with Crippen LogP contribution < -0.4 is 0 Å². The Balaban J connectivity index is 3.36. The van der Waals surface area contributed by atoms with Crippen LogP contribution in [0, 0.1) is 0 Å². The molecule has 0 heterocycles. The molecule has 106 valence electrons. The summed E-state index contributed by atoms with van der Waals surface area (Å²) in [7, 11) is -4.03. The van der Waals surface area contributed by atoms with Gasteiger partial charge in [0.15, 0.2) is 0 Å². The van der Waals surface area contributed by atoms with Crippen LogP contribution in [0.1, 0.15) is 24.2 Å². The van der Waals surface area contributed by atoms with Crippen LogP contribution >= 0.6 is 23.2 Å². The summed E-state index contributed by atoms with van der Waals surface area (Å²) in [5.41, 5.74) is -0.0776. The number of hydrogen-bond acceptors (Lipinski definition) is 5. The molecule has 0 atom stereocenters. The van der Waals surface area contributed by atoms with E-state index < -0.39 is 16.1 Å². The van der Waals surface area contributed by atoms with Crippen LogP contribution in [-0.2, 0) is 19.0 Å². The highest BCUT2D eigenvalue weighted by molar-refractivity contribution is 7.86. The summed E-state index contributed by atoms with van der Waals surface area (Å²) in [5, 5.41) is -0.106. The molecule has 0 aromatic heterocycles. The Labute approximate surface area is 121 Å². The van der Waals surface area contributed by atoms with Crippen LogP contribution in [0.2, 0.25) is 10.0 Å². The molecule has 0 bridgehead atoms. The van der Waals surface area contributed by atoms with E-state index in [9.17, 15) is 13.2 Å². The predicted molar refractivity (Wildman–Crippen MR) is 71.2 cm³/mol. The van der Waals surface area contributed by atoms with Crippen LogP contribution in [0.3, 0.4) is 0 Å². The van der Waals surface area contributed by atoms with Crippen molar-refractivity contribution in [3.8, 4) is 0 Å². The fourth-order valence-corrected chi connectivity index (χ4v) is 3.05. The van der Waals surface area contributed by atoms with Gasteiger partial charge in [0.2, 0.25) is 0 Å². The van der Waals surface area contributed by atoms with E-state index >= 15 is 0 Å². The summed E-state index contributed by atoms with van der Waals surface area (Å²) in [6, 6.07) is 2.22. The number of esters is 1. The lowest BCUT2D eigenvalue weighted by Crippen LogP contribution is -2.10. The molecule has 0 unspecified atom stereocenters. The molecule has 5 nitrogen and oxygen atoms in total. The highest BCUT2D eigenvalue weighted by Gasteiger charge is 2.23. The number of ether oxygens (including phenoxy) is 1. The Bertz CT molecular complexity index is 583. The van der Waals surface area contributed by atoms with E-state index in [0.717, 1.165) is 6.07 Å². The Morgan fingerprint density at radius 1 is 1.16 bits per heavy atom. The Morgan fingerprint density at radius 3 is 2.32 bits per heavy atom. The molecule has 19 heavy (non-hydrogen) atoms. The molecule has 0 fully saturated rings. The van der Waals surface area contributed by atoms with Crippen LogP contribution in [-0.4, -0.2) is 27.6 Å². The van der Waals surface area contributed by atoms with Crippen molar-refractivity contribution in [2.75, 3.05) is 13.2 Å². The van der Waals surface area contributed by atoms with Crippen LogP contribution in [0.25, 0.3) is 0 Å².